The number of hydrogen-bond acceptors (Lipinski definition) is 7. The zero-order chi connectivity index (χ0) is 16.7. The number of aromatic nitrogens is 3. The fourth-order valence-electron chi connectivity index (χ4n) is 2.63. The molecule has 1 aliphatic rings. The van der Waals surface area contributed by atoms with Gasteiger partial charge < -0.3 is 30.6 Å². The Bertz CT molecular complexity index is 751. The number of rotatable bonds is 3. The number of nitrogen functional groups attached to an aromatic ring is 1. The molecule has 0 bridgehead atoms. The molecule has 23 heavy (non-hydrogen) atoms. The second kappa shape index (κ2) is 6.19. The van der Waals surface area contributed by atoms with Crippen molar-refractivity contribution in [2.24, 2.45) is 0 Å². The van der Waals surface area contributed by atoms with Gasteiger partial charge in [-0.1, -0.05) is 0 Å². The standard InChI is InChI=1S/C13H16IN5O4/c1-5(20)16-2-7-9(21)10(22)13(23-7)19-3-6(14)8-11(15)17-4-18-12(8)19/h3-4,7,9-10,13,21-22H,2H2,1H3,(H,16,20)(H2,15,17,18)/t7-,9-,10-,13-/m1/s1. The van der Waals surface area contributed by atoms with E-state index in [0.29, 0.717) is 16.9 Å². The van der Waals surface area contributed by atoms with E-state index in [1.54, 1.807) is 10.8 Å². The molecule has 0 aromatic carbocycles. The highest BCUT2D eigenvalue weighted by molar-refractivity contribution is 14.1. The third-order valence-corrected chi connectivity index (χ3v) is 4.57. The predicted molar refractivity (Wildman–Crippen MR) is 89.3 cm³/mol. The van der Waals surface area contributed by atoms with Crippen molar-refractivity contribution in [3.05, 3.63) is 16.1 Å². The molecule has 10 heteroatoms. The maximum atomic E-state index is 11.0. The Balaban J connectivity index is 1.93. The summed E-state index contributed by atoms with van der Waals surface area (Å²) in [4.78, 5) is 19.2. The SMILES string of the molecule is CC(=O)NC[C@H]1O[C@@H](n2cc(I)c3c(N)ncnc32)[C@H](O)[C@@H]1O. The molecule has 124 valence electrons. The number of aliphatic hydroxyl groups is 2. The summed E-state index contributed by atoms with van der Waals surface area (Å²) in [7, 11) is 0. The van der Waals surface area contributed by atoms with E-state index in [-0.39, 0.29) is 12.5 Å². The number of ether oxygens (including phenoxy) is 1. The number of carbonyl (C=O) groups excluding carboxylic acids is 1. The molecule has 0 spiro atoms. The Hall–Kier alpha value is -1.50. The molecule has 3 heterocycles. The Kier molecular flexibility index (Phi) is 4.40. The Morgan fingerprint density at radius 1 is 1.48 bits per heavy atom. The second-order valence-corrected chi connectivity index (χ2v) is 6.49. The van der Waals surface area contributed by atoms with E-state index in [1.165, 1.54) is 13.3 Å². The molecule has 0 radical (unpaired) electrons. The molecule has 0 unspecified atom stereocenters. The first-order valence-electron chi connectivity index (χ1n) is 6.92. The van der Waals surface area contributed by atoms with Crippen LogP contribution in [0.2, 0.25) is 0 Å². The van der Waals surface area contributed by atoms with Gasteiger partial charge in [0.25, 0.3) is 0 Å². The van der Waals surface area contributed by atoms with Crippen LogP contribution in [0.1, 0.15) is 13.2 Å². The summed E-state index contributed by atoms with van der Waals surface area (Å²) in [6.07, 6.45) is -0.760. The van der Waals surface area contributed by atoms with Gasteiger partial charge in [-0.15, -0.1) is 0 Å². The zero-order valence-corrected chi connectivity index (χ0v) is 14.3. The molecule has 0 aliphatic carbocycles. The average molecular weight is 433 g/mol. The van der Waals surface area contributed by atoms with Gasteiger partial charge in [0, 0.05) is 23.2 Å². The molecule has 1 amide bonds. The summed E-state index contributed by atoms with van der Waals surface area (Å²) in [5.41, 5.74) is 6.38. The highest BCUT2D eigenvalue weighted by atomic mass is 127. The predicted octanol–water partition coefficient (Wildman–Crippen LogP) is -0.627. The van der Waals surface area contributed by atoms with Gasteiger partial charge in [-0.25, -0.2) is 9.97 Å². The lowest BCUT2D eigenvalue weighted by atomic mass is 10.1. The Labute approximate surface area is 145 Å². The molecule has 1 aliphatic heterocycles. The minimum Gasteiger partial charge on any atom is -0.387 e. The van der Waals surface area contributed by atoms with Gasteiger partial charge >= 0.3 is 0 Å². The lowest BCUT2D eigenvalue weighted by molar-refractivity contribution is -0.120. The third kappa shape index (κ3) is 2.86. The largest absolute Gasteiger partial charge is 0.387 e. The normalized spacial score (nSPS) is 27.5. The highest BCUT2D eigenvalue weighted by Gasteiger charge is 2.44. The molecule has 1 fully saturated rings. The van der Waals surface area contributed by atoms with Crippen LogP contribution in [0.5, 0.6) is 0 Å². The molecule has 0 saturated carbocycles. The first-order valence-corrected chi connectivity index (χ1v) is 8.00. The third-order valence-electron chi connectivity index (χ3n) is 3.76. The number of nitrogens with zero attached hydrogens (tertiary/aromatic N) is 3. The van der Waals surface area contributed by atoms with Crippen molar-refractivity contribution in [2.45, 2.75) is 31.5 Å². The van der Waals surface area contributed by atoms with Gasteiger partial charge in [-0.3, -0.25) is 4.79 Å². The van der Waals surface area contributed by atoms with Crippen molar-refractivity contribution < 1.29 is 19.7 Å². The van der Waals surface area contributed by atoms with Crippen LogP contribution < -0.4 is 11.1 Å². The fourth-order valence-corrected chi connectivity index (χ4v) is 3.45. The zero-order valence-electron chi connectivity index (χ0n) is 12.2. The van der Waals surface area contributed by atoms with E-state index in [2.05, 4.69) is 37.9 Å². The van der Waals surface area contributed by atoms with E-state index in [4.69, 9.17) is 10.5 Å². The summed E-state index contributed by atoms with van der Waals surface area (Å²) in [6.45, 7) is 1.48. The van der Waals surface area contributed by atoms with E-state index < -0.39 is 24.5 Å². The van der Waals surface area contributed by atoms with Crippen LogP contribution in [-0.2, 0) is 9.53 Å². The maximum Gasteiger partial charge on any atom is 0.216 e. The summed E-state index contributed by atoms with van der Waals surface area (Å²) in [6, 6.07) is 0. The second-order valence-electron chi connectivity index (χ2n) is 5.33. The average Bonchev–Trinajstić information content (AvgIpc) is 2.97. The van der Waals surface area contributed by atoms with Gasteiger partial charge in [0.15, 0.2) is 6.23 Å². The van der Waals surface area contributed by atoms with Gasteiger partial charge in [0.1, 0.15) is 36.1 Å². The molecule has 5 N–H and O–H groups in total. The Morgan fingerprint density at radius 2 is 2.22 bits per heavy atom. The number of anilines is 1. The van der Waals surface area contributed by atoms with Crippen LogP contribution in [0.3, 0.4) is 0 Å². The van der Waals surface area contributed by atoms with Crippen molar-refractivity contribution in [1.82, 2.24) is 19.9 Å². The van der Waals surface area contributed by atoms with Gasteiger partial charge in [0.05, 0.1) is 5.39 Å². The minimum atomic E-state index is -1.16. The summed E-state index contributed by atoms with van der Waals surface area (Å²) in [5.74, 6) is 0.0983. The molecule has 2 aromatic heterocycles. The molecule has 3 rings (SSSR count). The summed E-state index contributed by atoms with van der Waals surface area (Å²) < 4.78 is 8.16. The number of aliphatic hydroxyl groups excluding tert-OH is 2. The van der Waals surface area contributed by atoms with E-state index in [1.807, 2.05) is 0 Å². The lowest BCUT2D eigenvalue weighted by Crippen LogP contribution is -2.39. The van der Waals surface area contributed by atoms with E-state index in [9.17, 15) is 15.0 Å². The highest BCUT2D eigenvalue weighted by Crippen LogP contribution is 2.34. The van der Waals surface area contributed by atoms with Crippen LogP contribution in [0.15, 0.2) is 12.5 Å². The van der Waals surface area contributed by atoms with E-state index in [0.717, 1.165) is 3.57 Å². The Morgan fingerprint density at radius 3 is 2.91 bits per heavy atom. The van der Waals surface area contributed by atoms with Gasteiger partial charge in [-0.05, 0) is 22.6 Å². The number of halogens is 1. The van der Waals surface area contributed by atoms with Crippen molar-refractivity contribution in [1.29, 1.82) is 0 Å². The molecule has 2 aromatic rings. The molecule has 1 saturated heterocycles. The minimum absolute atomic E-state index is 0.109. The monoisotopic (exact) mass is 433 g/mol. The number of nitrogens with one attached hydrogen (secondary N) is 1. The van der Waals surface area contributed by atoms with Crippen molar-refractivity contribution in [3.63, 3.8) is 0 Å². The number of amides is 1. The van der Waals surface area contributed by atoms with Gasteiger partial charge in [-0.2, -0.15) is 0 Å². The first kappa shape index (κ1) is 16.4. The first-order chi connectivity index (χ1) is 10.9. The van der Waals surface area contributed by atoms with Crippen molar-refractivity contribution in [3.8, 4) is 0 Å². The number of nitrogens with two attached hydrogens (primary N) is 1. The van der Waals surface area contributed by atoms with Crippen LogP contribution in [0, 0.1) is 3.57 Å². The quantitative estimate of drug-likeness (QED) is 0.474. The number of fused-ring (bicyclic) bond motifs is 1. The molecular weight excluding hydrogens is 417 g/mol. The maximum absolute atomic E-state index is 11.0. The lowest BCUT2D eigenvalue weighted by Gasteiger charge is -2.17. The van der Waals surface area contributed by atoms with Gasteiger partial charge in [0.2, 0.25) is 5.91 Å². The fraction of sp³-hybridized carbons (Fsp3) is 0.462. The van der Waals surface area contributed by atoms with E-state index >= 15 is 0 Å². The molecule has 9 nitrogen and oxygen atoms in total. The number of hydrogen-bond donors (Lipinski definition) is 4. The summed E-state index contributed by atoms with van der Waals surface area (Å²) >= 11 is 2.10. The number of carbonyl (C=O) groups is 1. The molecular formula is C13H16IN5O4. The van der Waals surface area contributed by atoms with Crippen LogP contribution in [0.25, 0.3) is 11.0 Å². The summed E-state index contributed by atoms with van der Waals surface area (Å²) in [5, 5.41) is 23.7. The molecule has 4 atom stereocenters. The van der Waals surface area contributed by atoms with Crippen molar-refractivity contribution >= 4 is 45.3 Å². The van der Waals surface area contributed by atoms with Crippen LogP contribution in [-0.4, -0.2) is 55.5 Å². The van der Waals surface area contributed by atoms with Crippen LogP contribution in [0.4, 0.5) is 5.82 Å². The topological polar surface area (TPSA) is 136 Å². The van der Waals surface area contributed by atoms with Crippen LogP contribution >= 0.6 is 22.6 Å². The van der Waals surface area contributed by atoms with Crippen molar-refractivity contribution in [2.75, 3.05) is 12.3 Å². The smallest absolute Gasteiger partial charge is 0.216 e.